The standard InChI is InChI=1S/C3H9N5/c1-3(2)5-7-8-6-4/h3H,1-2H3,(H2,4,5,8). The van der Waals surface area contributed by atoms with Crippen LogP contribution in [0.4, 0.5) is 0 Å². The number of nitrogens with two attached hydrogens (primary N) is 1. The summed E-state index contributed by atoms with van der Waals surface area (Å²) in [5.41, 5.74) is 0. The molecule has 5 nitrogen and oxygen atoms in total. The average Bonchev–Trinajstić information content (AvgIpc) is 1.66. The van der Waals surface area contributed by atoms with E-state index in [4.69, 9.17) is 0 Å². The van der Waals surface area contributed by atoms with Gasteiger partial charge in [-0.1, -0.05) is 5.22 Å². The normalized spacial score (nSPS) is 12.4. The molecule has 0 radical (unpaired) electrons. The number of hydrogen-bond acceptors (Lipinski definition) is 2. The Balaban J connectivity index is 3.34. The van der Waals surface area contributed by atoms with Gasteiger partial charge in [0.15, 0.2) is 0 Å². The molecule has 8 heavy (non-hydrogen) atoms. The third kappa shape index (κ3) is 5.00. The molecule has 0 saturated heterocycles. The van der Waals surface area contributed by atoms with Crippen LogP contribution in [0.5, 0.6) is 0 Å². The predicted molar refractivity (Wildman–Crippen MR) is 29.0 cm³/mol. The highest BCUT2D eigenvalue weighted by atomic mass is 15.5. The van der Waals surface area contributed by atoms with Crippen molar-refractivity contribution in [2.75, 3.05) is 0 Å². The molecule has 0 rings (SSSR count). The first-order valence-corrected chi connectivity index (χ1v) is 2.27. The molecule has 2 N–H and O–H groups in total. The van der Waals surface area contributed by atoms with Gasteiger partial charge in [0.25, 0.3) is 0 Å². The summed E-state index contributed by atoms with van der Waals surface area (Å²) in [5.74, 6) is 4.62. The molecular weight excluding hydrogens is 106 g/mol. The number of nitrogens with zero attached hydrogens (tertiary/aromatic N) is 4. The minimum Gasteiger partial charge on any atom is -0.303 e. The van der Waals surface area contributed by atoms with Crippen LogP contribution < -0.4 is 5.84 Å². The van der Waals surface area contributed by atoms with E-state index in [1.54, 1.807) is 0 Å². The smallest absolute Gasteiger partial charge is 0.0675 e. The first kappa shape index (κ1) is 7.00. The van der Waals surface area contributed by atoms with Crippen LogP contribution in [0, 0.1) is 0 Å². The molecule has 0 aliphatic carbocycles. The van der Waals surface area contributed by atoms with Gasteiger partial charge in [-0.15, -0.1) is 0 Å². The Hall–Kier alpha value is -1.00. The van der Waals surface area contributed by atoms with Gasteiger partial charge in [0, 0.05) is 0 Å². The average molecular weight is 115 g/mol. The zero-order valence-electron chi connectivity index (χ0n) is 4.94. The Labute approximate surface area is 47.6 Å². The van der Waals surface area contributed by atoms with E-state index in [2.05, 4.69) is 26.6 Å². The molecule has 46 valence electrons. The molecule has 0 saturated carbocycles. The van der Waals surface area contributed by atoms with E-state index in [1.165, 1.54) is 0 Å². The van der Waals surface area contributed by atoms with Gasteiger partial charge in [-0.05, 0) is 24.3 Å². The summed E-state index contributed by atoms with van der Waals surface area (Å²) in [6, 6.07) is 0.153. The number of rotatable bonds is 2. The van der Waals surface area contributed by atoms with E-state index in [-0.39, 0.29) is 6.04 Å². The van der Waals surface area contributed by atoms with Crippen molar-refractivity contribution in [1.82, 2.24) is 0 Å². The molecule has 0 bridgehead atoms. The third-order valence-electron chi connectivity index (χ3n) is 0.374. The highest BCUT2D eigenvalue weighted by molar-refractivity contribution is 4.41. The molecule has 0 aromatic heterocycles. The van der Waals surface area contributed by atoms with Gasteiger partial charge in [-0.2, -0.15) is 5.11 Å². The Bertz CT molecular complexity index is 93.8. The molecule has 0 atom stereocenters. The van der Waals surface area contributed by atoms with Crippen molar-refractivity contribution in [3.8, 4) is 0 Å². The van der Waals surface area contributed by atoms with Gasteiger partial charge in [-0.25, -0.2) is 0 Å². The Morgan fingerprint density at radius 1 is 1.25 bits per heavy atom. The zero-order valence-corrected chi connectivity index (χ0v) is 4.94. The lowest BCUT2D eigenvalue weighted by Gasteiger charge is -1.85. The van der Waals surface area contributed by atoms with Crippen LogP contribution in [0.2, 0.25) is 0 Å². The van der Waals surface area contributed by atoms with Gasteiger partial charge in [0.2, 0.25) is 0 Å². The van der Waals surface area contributed by atoms with Crippen molar-refractivity contribution < 1.29 is 0 Å². The minimum absolute atomic E-state index is 0.153. The molecule has 0 heterocycles. The molecule has 0 aliphatic heterocycles. The molecule has 0 fully saturated rings. The number of hydrogen-bond donors (Lipinski definition) is 1. The maximum atomic E-state index is 4.62. The van der Waals surface area contributed by atoms with Gasteiger partial charge in [0.1, 0.15) is 0 Å². The lowest BCUT2D eigenvalue weighted by atomic mass is 10.4. The summed E-state index contributed by atoms with van der Waals surface area (Å²) in [6.45, 7) is 3.77. The second kappa shape index (κ2) is 4.17. The van der Waals surface area contributed by atoms with Crippen molar-refractivity contribution in [1.29, 1.82) is 0 Å². The molecule has 0 unspecified atom stereocenters. The van der Waals surface area contributed by atoms with Crippen LogP contribution in [0.25, 0.3) is 0 Å². The second-order valence-corrected chi connectivity index (χ2v) is 1.50. The molecule has 5 heteroatoms. The van der Waals surface area contributed by atoms with Crippen LogP contribution >= 0.6 is 0 Å². The van der Waals surface area contributed by atoms with E-state index in [0.29, 0.717) is 0 Å². The van der Waals surface area contributed by atoms with Crippen LogP contribution in [0.3, 0.4) is 0 Å². The van der Waals surface area contributed by atoms with Crippen LogP contribution in [0.1, 0.15) is 13.8 Å². The van der Waals surface area contributed by atoms with E-state index in [1.807, 2.05) is 13.8 Å². The molecule has 0 amide bonds. The van der Waals surface area contributed by atoms with Crippen LogP contribution in [-0.4, -0.2) is 6.04 Å². The largest absolute Gasteiger partial charge is 0.303 e. The van der Waals surface area contributed by atoms with Gasteiger partial charge < -0.3 is 5.84 Å². The summed E-state index contributed by atoms with van der Waals surface area (Å²) >= 11 is 0. The van der Waals surface area contributed by atoms with E-state index >= 15 is 0 Å². The zero-order chi connectivity index (χ0) is 6.41. The Morgan fingerprint density at radius 2 is 1.88 bits per heavy atom. The van der Waals surface area contributed by atoms with Gasteiger partial charge in [0.05, 0.1) is 6.04 Å². The third-order valence-corrected chi connectivity index (χ3v) is 0.374. The van der Waals surface area contributed by atoms with E-state index in [9.17, 15) is 0 Å². The fraction of sp³-hybridized carbons (Fsp3) is 1.00. The molecule has 0 aliphatic rings. The lowest BCUT2D eigenvalue weighted by Crippen LogP contribution is -1.83. The summed E-state index contributed by atoms with van der Waals surface area (Å²) in [6.07, 6.45) is 0. The first-order valence-electron chi connectivity index (χ1n) is 2.27. The minimum atomic E-state index is 0.153. The SMILES string of the molecule is CC(C)N=NN=NN. The van der Waals surface area contributed by atoms with Crippen molar-refractivity contribution in [2.45, 2.75) is 19.9 Å². The summed E-state index contributed by atoms with van der Waals surface area (Å²) in [7, 11) is 0. The van der Waals surface area contributed by atoms with Gasteiger partial charge in [-0.3, -0.25) is 0 Å². The maximum Gasteiger partial charge on any atom is 0.0675 e. The predicted octanol–water partition coefficient (Wildman–Crippen LogP) is 1.09. The van der Waals surface area contributed by atoms with Gasteiger partial charge >= 0.3 is 0 Å². The topological polar surface area (TPSA) is 75.5 Å². The van der Waals surface area contributed by atoms with Crippen LogP contribution in [-0.2, 0) is 0 Å². The monoisotopic (exact) mass is 115 g/mol. The quantitative estimate of drug-likeness (QED) is 0.326. The fourth-order valence-electron chi connectivity index (χ4n) is 0.149. The van der Waals surface area contributed by atoms with E-state index < -0.39 is 0 Å². The summed E-state index contributed by atoms with van der Waals surface area (Å²) < 4.78 is 0. The van der Waals surface area contributed by atoms with E-state index in [0.717, 1.165) is 0 Å². The van der Waals surface area contributed by atoms with Crippen molar-refractivity contribution >= 4 is 0 Å². The molecule has 0 spiro atoms. The van der Waals surface area contributed by atoms with Crippen molar-refractivity contribution in [3.05, 3.63) is 0 Å². The maximum absolute atomic E-state index is 4.62. The highest BCUT2D eigenvalue weighted by Gasteiger charge is 1.81. The Kier molecular flexibility index (Phi) is 3.65. The summed E-state index contributed by atoms with van der Waals surface area (Å²) in [5, 5.41) is 12.8. The van der Waals surface area contributed by atoms with Crippen molar-refractivity contribution in [3.63, 3.8) is 0 Å². The lowest BCUT2D eigenvalue weighted by molar-refractivity contribution is 0.727. The van der Waals surface area contributed by atoms with Crippen molar-refractivity contribution in [2.24, 2.45) is 26.6 Å². The molecule has 0 aromatic rings. The summed E-state index contributed by atoms with van der Waals surface area (Å²) in [4.78, 5) is 0. The second-order valence-electron chi connectivity index (χ2n) is 1.50. The Morgan fingerprint density at radius 3 is 2.25 bits per heavy atom. The first-order chi connectivity index (χ1) is 3.77. The fourth-order valence-corrected chi connectivity index (χ4v) is 0.149. The molecule has 0 aromatic carbocycles. The molecular formula is C3H9N5. The highest BCUT2D eigenvalue weighted by Crippen LogP contribution is 1.86. The van der Waals surface area contributed by atoms with Crippen LogP contribution in [0.15, 0.2) is 20.8 Å².